The fourth-order valence-electron chi connectivity index (χ4n) is 2.78. The predicted octanol–water partition coefficient (Wildman–Crippen LogP) is 0.730. The summed E-state index contributed by atoms with van der Waals surface area (Å²) in [5, 5.41) is 5.36. The molecule has 3 rings (SSSR count). The van der Waals surface area contributed by atoms with E-state index in [1.807, 2.05) is 30.3 Å². The number of amides is 2. The minimum absolute atomic E-state index is 0.107. The van der Waals surface area contributed by atoms with Gasteiger partial charge in [0.25, 0.3) is 5.91 Å². The summed E-state index contributed by atoms with van der Waals surface area (Å²) in [6.45, 7) is 2.98. The number of para-hydroxylation sites is 1. The van der Waals surface area contributed by atoms with Gasteiger partial charge in [-0.1, -0.05) is 24.3 Å². The number of benzene rings is 1. The molecule has 1 aliphatic rings. The van der Waals surface area contributed by atoms with E-state index in [4.69, 9.17) is 9.47 Å². The van der Waals surface area contributed by atoms with E-state index in [1.165, 1.54) is 0 Å². The number of hydrogen-bond donors (Lipinski definition) is 2. The summed E-state index contributed by atoms with van der Waals surface area (Å²) in [4.78, 5) is 30.5. The first-order valence-corrected chi connectivity index (χ1v) is 9.20. The first-order chi connectivity index (χ1) is 13.7. The Morgan fingerprint density at radius 3 is 2.61 bits per heavy atom. The average Bonchev–Trinajstić information content (AvgIpc) is 2.76. The van der Waals surface area contributed by atoms with Crippen molar-refractivity contribution in [2.24, 2.45) is 0 Å². The normalized spacial score (nSPS) is 13.6. The zero-order valence-electron chi connectivity index (χ0n) is 15.6. The van der Waals surface area contributed by atoms with Gasteiger partial charge in [0.2, 0.25) is 5.91 Å². The number of carbonyl (C=O) groups is 2. The molecule has 0 saturated carbocycles. The van der Waals surface area contributed by atoms with Gasteiger partial charge in [-0.05, 0) is 18.2 Å². The minimum Gasteiger partial charge on any atom is -0.484 e. The number of anilines is 1. The SMILES string of the molecule is O=C(CNC(=O)COc1ccccc1)NCc1cccnc1N1CCOCC1. The third-order valence-corrected chi connectivity index (χ3v) is 4.21. The van der Waals surface area contributed by atoms with Crippen LogP contribution in [0.3, 0.4) is 0 Å². The lowest BCUT2D eigenvalue weighted by molar-refractivity contribution is -0.127. The number of nitrogens with zero attached hydrogens (tertiary/aromatic N) is 2. The molecule has 1 aromatic heterocycles. The van der Waals surface area contributed by atoms with E-state index >= 15 is 0 Å². The van der Waals surface area contributed by atoms with Crippen LogP contribution in [0.2, 0.25) is 0 Å². The van der Waals surface area contributed by atoms with Crippen molar-refractivity contribution >= 4 is 17.6 Å². The molecule has 0 spiro atoms. The molecule has 2 amide bonds. The topological polar surface area (TPSA) is 92.8 Å². The molecule has 0 radical (unpaired) electrons. The number of hydrogen-bond acceptors (Lipinski definition) is 6. The summed E-state index contributed by atoms with van der Waals surface area (Å²) < 4.78 is 10.7. The van der Waals surface area contributed by atoms with Crippen LogP contribution in [-0.4, -0.2) is 56.3 Å². The third kappa shape index (κ3) is 5.95. The molecule has 148 valence electrons. The van der Waals surface area contributed by atoms with Crippen LogP contribution in [0.15, 0.2) is 48.7 Å². The first kappa shape index (κ1) is 19.6. The smallest absolute Gasteiger partial charge is 0.258 e. The quantitative estimate of drug-likeness (QED) is 0.697. The lowest BCUT2D eigenvalue weighted by Gasteiger charge is -2.29. The largest absolute Gasteiger partial charge is 0.484 e. The van der Waals surface area contributed by atoms with Crippen LogP contribution in [-0.2, 0) is 20.9 Å². The van der Waals surface area contributed by atoms with Crippen LogP contribution in [0, 0.1) is 0 Å². The van der Waals surface area contributed by atoms with E-state index < -0.39 is 0 Å². The van der Waals surface area contributed by atoms with Gasteiger partial charge in [-0.2, -0.15) is 0 Å². The second-order valence-electron chi connectivity index (χ2n) is 6.24. The number of rotatable bonds is 8. The molecule has 28 heavy (non-hydrogen) atoms. The third-order valence-electron chi connectivity index (χ3n) is 4.21. The number of morpholine rings is 1. The number of aromatic nitrogens is 1. The van der Waals surface area contributed by atoms with Crippen molar-refractivity contribution in [1.29, 1.82) is 0 Å². The minimum atomic E-state index is -0.352. The molecule has 2 aromatic rings. The number of nitrogens with one attached hydrogen (secondary N) is 2. The Morgan fingerprint density at radius 2 is 1.82 bits per heavy atom. The Hall–Kier alpha value is -3.13. The molecular formula is C20H24N4O4. The zero-order valence-corrected chi connectivity index (χ0v) is 15.6. The molecule has 8 nitrogen and oxygen atoms in total. The fourth-order valence-corrected chi connectivity index (χ4v) is 2.78. The monoisotopic (exact) mass is 384 g/mol. The van der Waals surface area contributed by atoms with Crippen molar-refractivity contribution in [3.8, 4) is 5.75 Å². The number of carbonyl (C=O) groups excluding carboxylic acids is 2. The number of pyridine rings is 1. The van der Waals surface area contributed by atoms with Gasteiger partial charge in [-0.3, -0.25) is 9.59 Å². The molecule has 2 heterocycles. The van der Waals surface area contributed by atoms with Crippen LogP contribution in [0.4, 0.5) is 5.82 Å². The highest BCUT2D eigenvalue weighted by molar-refractivity contribution is 5.85. The predicted molar refractivity (Wildman–Crippen MR) is 104 cm³/mol. The zero-order chi connectivity index (χ0) is 19.6. The molecule has 1 aliphatic heterocycles. The average molecular weight is 384 g/mol. The van der Waals surface area contributed by atoms with Crippen molar-refractivity contribution in [3.05, 3.63) is 54.2 Å². The molecule has 0 bridgehead atoms. The van der Waals surface area contributed by atoms with Crippen molar-refractivity contribution < 1.29 is 19.1 Å². The maximum atomic E-state index is 12.1. The van der Waals surface area contributed by atoms with Crippen LogP contribution < -0.4 is 20.3 Å². The highest BCUT2D eigenvalue weighted by atomic mass is 16.5. The van der Waals surface area contributed by atoms with Gasteiger partial charge in [-0.15, -0.1) is 0 Å². The van der Waals surface area contributed by atoms with Crippen LogP contribution in [0.25, 0.3) is 0 Å². The molecular weight excluding hydrogens is 360 g/mol. The lowest BCUT2D eigenvalue weighted by atomic mass is 10.2. The Bertz CT molecular complexity index is 779. The molecule has 2 N–H and O–H groups in total. The Morgan fingerprint density at radius 1 is 1.04 bits per heavy atom. The molecule has 1 aromatic carbocycles. The molecule has 1 fully saturated rings. The Balaban J connectivity index is 1.41. The second kappa shape index (κ2) is 10.3. The molecule has 0 atom stereocenters. The maximum Gasteiger partial charge on any atom is 0.258 e. The highest BCUT2D eigenvalue weighted by Crippen LogP contribution is 2.18. The fraction of sp³-hybridized carbons (Fsp3) is 0.350. The van der Waals surface area contributed by atoms with E-state index in [2.05, 4.69) is 20.5 Å². The van der Waals surface area contributed by atoms with Gasteiger partial charge in [0.05, 0.1) is 19.8 Å². The Labute approximate surface area is 163 Å². The van der Waals surface area contributed by atoms with E-state index in [0.29, 0.717) is 25.5 Å². The van der Waals surface area contributed by atoms with Crippen LogP contribution >= 0.6 is 0 Å². The van der Waals surface area contributed by atoms with Crippen LogP contribution in [0.1, 0.15) is 5.56 Å². The maximum absolute atomic E-state index is 12.1. The summed E-state index contributed by atoms with van der Waals surface area (Å²) >= 11 is 0. The summed E-state index contributed by atoms with van der Waals surface area (Å²) in [5.74, 6) is 0.833. The van der Waals surface area contributed by atoms with E-state index in [-0.39, 0.29) is 25.0 Å². The van der Waals surface area contributed by atoms with Crippen molar-refractivity contribution in [2.75, 3.05) is 44.4 Å². The van der Waals surface area contributed by atoms with Crippen molar-refractivity contribution in [1.82, 2.24) is 15.6 Å². The van der Waals surface area contributed by atoms with E-state index in [1.54, 1.807) is 18.3 Å². The first-order valence-electron chi connectivity index (χ1n) is 9.20. The molecule has 1 saturated heterocycles. The Kier molecular flexibility index (Phi) is 7.20. The second-order valence-corrected chi connectivity index (χ2v) is 6.24. The van der Waals surface area contributed by atoms with E-state index in [0.717, 1.165) is 24.5 Å². The summed E-state index contributed by atoms with van der Waals surface area (Å²) in [7, 11) is 0. The summed E-state index contributed by atoms with van der Waals surface area (Å²) in [5.41, 5.74) is 0.927. The van der Waals surface area contributed by atoms with Crippen molar-refractivity contribution in [2.45, 2.75) is 6.54 Å². The molecule has 0 unspecified atom stereocenters. The summed E-state index contributed by atoms with van der Waals surface area (Å²) in [6, 6.07) is 12.8. The molecule has 0 aliphatic carbocycles. The lowest BCUT2D eigenvalue weighted by Crippen LogP contribution is -2.40. The standard InChI is InChI=1S/C20H24N4O4/c25-18(14-23-19(26)15-28-17-6-2-1-3-7-17)22-13-16-5-4-8-21-20(16)24-9-11-27-12-10-24/h1-8H,9-15H2,(H,22,25)(H,23,26). The van der Waals surface area contributed by atoms with Gasteiger partial charge >= 0.3 is 0 Å². The van der Waals surface area contributed by atoms with Gasteiger partial charge in [0, 0.05) is 31.4 Å². The number of ether oxygens (including phenoxy) is 2. The van der Waals surface area contributed by atoms with Gasteiger partial charge < -0.3 is 25.0 Å². The highest BCUT2D eigenvalue weighted by Gasteiger charge is 2.16. The van der Waals surface area contributed by atoms with Gasteiger partial charge in [-0.25, -0.2) is 4.98 Å². The van der Waals surface area contributed by atoms with Gasteiger partial charge in [0.15, 0.2) is 6.61 Å². The van der Waals surface area contributed by atoms with Gasteiger partial charge in [0.1, 0.15) is 11.6 Å². The van der Waals surface area contributed by atoms with Crippen LogP contribution in [0.5, 0.6) is 5.75 Å². The van der Waals surface area contributed by atoms with E-state index in [9.17, 15) is 9.59 Å². The van der Waals surface area contributed by atoms with Crippen molar-refractivity contribution in [3.63, 3.8) is 0 Å². The summed E-state index contributed by atoms with van der Waals surface area (Å²) in [6.07, 6.45) is 1.74. The molecule has 8 heteroatoms.